The van der Waals surface area contributed by atoms with Gasteiger partial charge >= 0.3 is 0 Å². The standard InChI is InChI=1S/C14H22N4O/c1-10(2)15-7-5-6-14-16-8-13(19-14)12-9-18(4)17-11(12)3/h8-10,15H,5-7H2,1-4H3. The predicted octanol–water partition coefficient (Wildman–Crippen LogP) is 2.31. The maximum absolute atomic E-state index is 5.78. The third-order valence-electron chi connectivity index (χ3n) is 2.95. The van der Waals surface area contributed by atoms with Crippen LogP contribution >= 0.6 is 0 Å². The lowest BCUT2D eigenvalue weighted by Crippen LogP contribution is -2.23. The highest BCUT2D eigenvalue weighted by atomic mass is 16.4. The van der Waals surface area contributed by atoms with Crippen molar-refractivity contribution in [1.82, 2.24) is 20.1 Å². The minimum Gasteiger partial charge on any atom is -0.441 e. The van der Waals surface area contributed by atoms with Gasteiger partial charge in [-0.2, -0.15) is 5.10 Å². The van der Waals surface area contributed by atoms with Crippen LogP contribution in [-0.2, 0) is 13.5 Å². The molecule has 0 saturated carbocycles. The quantitative estimate of drug-likeness (QED) is 0.812. The van der Waals surface area contributed by atoms with Gasteiger partial charge in [0.15, 0.2) is 11.7 Å². The number of aromatic nitrogens is 3. The molecule has 0 aliphatic heterocycles. The van der Waals surface area contributed by atoms with Crippen molar-refractivity contribution in [3.63, 3.8) is 0 Å². The van der Waals surface area contributed by atoms with E-state index in [2.05, 4.69) is 29.2 Å². The highest BCUT2D eigenvalue weighted by Gasteiger charge is 2.11. The fourth-order valence-corrected chi connectivity index (χ4v) is 2.02. The first-order chi connectivity index (χ1) is 9.06. The maximum atomic E-state index is 5.78. The van der Waals surface area contributed by atoms with Gasteiger partial charge in [0, 0.05) is 25.7 Å². The van der Waals surface area contributed by atoms with Crippen LogP contribution in [0.5, 0.6) is 0 Å². The summed E-state index contributed by atoms with van der Waals surface area (Å²) in [5, 5.41) is 7.69. The highest BCUT2D eigenvalue weighted by Crippen LogP contribution is 2.23. The van der Waals surface area contributed by atoms with Gasteiger partial charge in [-0.25, -0.2) is 4.98 Å². The van der Waals surface area contributed by atoms with Gasteiger partial charge in [0.25, 0.3) is 0 Å². The molecular weight excluding hydrogens is 240 g/mol. The number of hydrogen-bond acceptors (Lipinski definition) is 4. The number of nitrogens with one attached hydrogen (secondary N) is 1. The average molecular weight is 262 g/mol. The third kappa shape index (κ3) is 3.67. The van der Waals surface area contributed by atoms with Gasteiger partial charge in [-0.3, -0.25) is 4.68 Å². The molecule has 0 aromatic carbocycles. The summed E-state index contributed by atoms with van der Waals surface area (Å²) >= 11 is 0. The molecule has 0 amide bonds. The van der Waals surface area contributed by atoms with Crippen LogP contribution in [0.2, 0.25) is 0 Å². The Morgan fingerprint density at radius 2 is 2.21 bits per heavy atom. The van der Waals surface area contributed by atoms with E-state index in [0.29, 0.717) is 6.04 Å². The minimum atomic E-state index is 0.526. The fraction of sp³-hybridized carbons (Fsp3) is 0.571. The molecule has 104 valence electrons. The number of oxazole rings is 1. The van der Waals surface area contributed by atoms with E-state index < -0.39 is 0 Å². The Bertz CT molecular complexity index is 527. The zero-order chi connectivity index (χ0) is 13.8. The first kappa shape index (κ1) is 13.8. The summed E-state index contributed by atoms with van der Waals surface area (Å²) in [5.74, 6) is 1.60. The number of nitrogens with zero attached hydrogens (tertiary/aromatic N) is 3. The number of rotatable bonds is 6. The first-order valence-corrected chi connectivity index (χ1v) is 6.75. The van der Waals surface area contributed by atoms with Crippen LogP contribution in [-0.4, -0.2) is 27.4 Å². The molecule has 2 rings (SSSR count). The lowest BCUT2D eigenvalue weighted by molar-refractivity contribution is 0.484. The second-order valence-corrected chi connectivity index (χ2v) is 5.13. The van der Waals surface area contributed by atoms with Crippen LogP contribution in [0.15, 0.2) is 16.8 Å². The van der Waals surface area contributed by atoms with E-state index in [1.54, 1.807) is 10.9 Å². The second kappa shape index (κ2) is 6.02. The van der Waals surface area contributed by atoms with Crippen molar-refractivity contribution in [3.05, 3.63) is 24.0 Å². The zero-order valence-corrected chi connectivity index (χ0v) is 12.1. The van der Waals surface area contributed by atoms with Gasteiger partial charge < -0.3 is 9.73 Å². The summed E-state index contributed by atoms with van der Waals surface area (Å²) in [5.41, 5.74) is 1.98. The maximum Gasteiger partial charge on any atom is 0.194 e. The normalized spacial score (nSPS) is 11.4. The Kier molecular flexibility index (Phi) is 4.37. The van der Waals surface area contributed by atoms with Gasteiger partial charge in [-0.05, 0) is 19.9 Å². The summed E-state index contributed by atoms with van der Waals surface area (Å²) in [6, 6.07) is 0.526. The summed E-state index contributed by atoms with van der Waals surface area (Å²) in [7, 11) is 1.91. The van der Waals surface area contributed by atoms with Crippen LogP contribution in [0.1, 0.15) is 31.9 Å². The van der Waals surface area contributed by atoms with E-state index in [-0.39, 0.29) is 0 Å². The van der Waals surface area contributed by atoms with Crippen molar-refractivity contribution in [2.45, 2.75) is 39.7 Å². The molecule has 2 aromatic rings. The highest BCUT2D eigenvalue weighted by molar-refractivity contribution is 5.58. The Hall–Kier alpha value is -1.62. The van der Waals surface area contributed by atoms with Crippen molar-refractivity contribution in [1.29, 1.82) is 0 Å². The SMILES string of the molecule is Cc1nn(C)cc1-c1cnc(CCCNC(C)C)o1. The Labute approximate surface area is 114 Å². The molecule has 0 fully saturated rings. The van der Waals surface area contributed by atoms with Crippen LogP contribution < -0.4 is 5.32 Å². The van der Waals surface area contributed by atoms with Gasteiger partial charge in [-0.1, -0.05) is 13.8 Å². The topological polar surface area (TPSA) is 55.9 Å². The molecule has 2 aromatic heterocycles. The van der Waals surface area contributed by atoms with Crippen molar-refractivity contribution >= 4 is 0 Å². The van der Waals surface area contributed by atoms with Gasteiger partial charge in [-0.15, -0.1) is 0 Å². The van der Waals surface area contributed by atoms with E-state index in [1.807, 2.05) is 20.2 Å². The van der Waals surface area contributed by atoms with E-state index in [0.717, 1.165) is 42.3 Å². The number of hydrogen-bond donors (Lipinski definition) is 1. The smallest absolute Gasteiger partial charge is 0.194 e. The number of aryl methyl sites for hydroxylation is 3. The molecule has 5 heteroatoms. The second-order valence-electron chi connectivity index (χ2n) is 5.13. The Morgan fingerprint density at radius 1 is 1.42 bits per heavy atom. The van der Waals surface area contributed by atoms with Crippen molar-refractivity contribution in [3.8, 4) is 11.3 Å². The van der Waals surface area contributed by atoms with E-state index >= 15 is 0 Å². The lowest BCUT2D eigenvalue weighted by Gasteiger charge is -2.05. The fourth-order valence-electron chi connectivity index (χ4n) is 2.02. The van der Waals surface area contributed by atoms with Crippen molar-refractivity contribution in [2.75, 3.05) is 6.54 Å². The van der Waals surface area contributed by atoms with Gasteiger partial charge in [0.1, 0.15) is 0 Å². The summed E-state index contributed by atoms with van der Waals surface area (Å²) in [4.78, 5) is 4.33. The van der Waals surface area contributed by atoms with E-state index in [9.17, 15) is 0 Å². The van der Waals surface area contributed by atoms with Crippen LogP contribution in [0.3, 0.4) is 0 Å². The summed E-state index contributed by atoms with van der Waals surface area (Å²) < 4.78 is 7.57. The molecule has 2 heterocycles. The minimum absolute atomic E-state index is 0.526. The molecule has 0 bridgehead atoms. The molecule has 0 aliphatic carbocycles. The average Bonchev–Trinajstić information content (AvgIpc) is 2.91. The molecule has 1 N–H and O–H groups in total. The van der Waals surface area contributed by atoms with Crippen molar-refractivity contribution < 1.29 is 4.42 Å². The van der Waals surface area contributed by atoms with Gasteiger partial charge in [0.2, 0.25) is 0 Å². The van der Waals surface area contributed by atoms with Crippen LogP contribution in [0, 0.1) is 6.92 Å². The molecular formula is C14H22N4O. The monoisotopic (exact) mass is 262 g/mol. The zero-order valence-electron chi connectivity index (χ0n) is 12.1. The Balaban J connectivity index is 1.94. The first-order valence-electron chi connectivity index (χ1n) is 6.75. The van der Waals surface area contributed by atoms with Gasteiger partial charge in [0.05, 0.1) is 17.5 Å². The molecule has 0 atom stereocenters. The van der Waals surface area contributed by atoms with E-state index in [1.165, 1.54) is 0 Å². The van der Waals surface area contributed by atoms with Crippen LogP contribution in [0.25, 0.3) is 11.3 Å². The van der Waals surface area contributed by atoms with Crippen LogP contribution in [0.4, 0.5) is 0 Å². The summed E-state index contributed by atoms with van der Waals surface area (Å²) in [6.07, 6.45) is 5.64. The Morgan fingerprint density at radius 3 is 2.84 bits per heavy atom. The molecule has 0 saturated heterocycles. The van der Waals surface area contributed by atoms with E-state index in [4.69, 9.17) is 4.42 Å². The molecule has 0 aliphatic rings. The molecule has 0 spiro atoms. The van der Waals surface area contributed by atoms with Crippen molar-refractivity contribution in [2.24, 2.45) is 7.05 Å². The molecule has 0 unspecified atom stereocenters. The third-order valence-corrected chi connectivity index (χ3v) is 2.95. The molecule has 19 heavy (non-hydrogen) atoms. The summed E-state index contributed by atoms with van der Waals surface area (Å²) in [6.45, 7) is 7.26. The lowest BCUT2D eigenvalue weighted by atomic mass is 10.2. The molecule has 5 nitrogen and oxygen atoms in total. The predicted molar refractivity (Wildman–Crippen MR) is 74.9 cm³/mol. The largest absolute Gasteiger partial charge is 0.441 e. The molecule has 0 radical (unpaired) electrons.